The fraction of sp³-hybridized carbons (Fsp3) is 0.259. The number of hydrogen-bond acceptors (Lipinski definition) is 6. The molecule has 4 aromatic rings. The molecule has 2 aliphatic rings. The van der Waals surface area contributed by atoms with Crippen LogP contribution in [0.15, 0.2) is 72.3 Å². The minimum atomic E-state index is -0.284. The minimum Gasteiger partial charge on any atom is -0.378 e. The number of rotatable bonds is 5. The first-order valence-electron chi connectivity index (χ1n) is 12.0. The summed E-state index contributed by atoms with van der Waals surface area (Å²) in [4.78, 5) is 32.4. The maximum Gasteiger partial charge on any atom is 0.278 e. The predicted molar refractivity (Wildman–Crippen MR) is 140 cm³/mol. The molecule has 9 heteroatoms. The Morgan fingerprint density at radius 2 is 1.89 bits per heavy atom. The lowest BCUT2D eigenvalue weighted by molar-refractivity contribution is -0.138. The zero-order valence-corrected chi connectivity index (χ0v) is 20.4. The van der Waals surface area contributed by atoms with Crippen molar-refractivity contribution < 1.29 is 14.3 Å². The van der Waals surface area contributed by atoms with Crippen molar-refractivity contribution in [1.29, 1.82) is 0 Å². The van der Waals surface area contributed by atoms with Gasteiger partial charge in [-0.15, -0.1) is 0 Å². The van der Waals surface area contributed by atoms with Crippen LogP contribution in [0.3, 0.4) is 0 Å². The topological polar surface area (TPSA) is 89.3 Å². The molecule has 2 aromatic heterocycles. The molecule has 1 atom stereocenters. The van der Waals surface area contributed by atoms with E-state index >= 15 is 0 Å². The summed E-state index contributed by atoms with van der Waals surface area (Å²) in [6.45, 7) is 3.03. The van der Waals surface area contributed by atoms with E-state index in [4.69, 9.17) is 4.74 Å². The molecule has 6 rings (SSSR count). The van der Waals surface area contributed by atoms with Crippen LogP contribution in [-0.4, -0.2) is 57.8 Å². The summed E-state index contributed by atoms with van der Waals surface area (Å²) in [6.07, 6.45) is 6.75. The van der Waals surface area contributed by atoms with Gasteiger partial charge in [-0.2, -0.15) is 5.10 Å². The summed E-state index contributed by atoms with van der Waals surface area (Å²) in [6, 6.07) is 15.5. The molecule has 36 heavy (non-hydrogen) atoms. The fourth-order valence-electron chi connectivity index (χ4n) is 4.65. The largest absolute Gasteiger partial charge is 0.378 e. The summed E-state index contributed by atoms with van der Waals surface area (Å²) in [5.74, 6) is -0.270. The number of ether oxygens (including phenoxy) is 1. The second-order valence-corrected chi connectivity index (χ2v) is 9.91. The number of benzene rings is 2. The van der Waals surface area contributed by atoms with E-state index in [1.165, 1.54) is 11.3 Å². The maximum absolute atomic E-state index is 13.2. The molecule has 1 N–H and O–H groups in total. The standard InChI is InChI=1S/C27H25N5O3S/c33-25(29-27-28-21-6-2-4-8-23(21)36-27)24-20-5-1-3-7-22(20)32(30-24)17-18-9-11-19(12-10-18)26(34)31-13-15-35-16-14-31/h1-11,19H,12-17H2,(H,28,29,33). The van der Waals surface area contributed by atoms with Crippen molar-refractivity contribution in [3.63, 3.8) is 0 Å². The predicted octanol–water partition coefficient (Wildman–Crippen LogP) is 4.26. The van der Waals surface area contributed by atoms with Gasteiger partial charge < -0.3 is 9.64 Å². The van der Waals surface area contributed by atoms with Crippen molar-refractivity contribution in [2.24, 2.45) is 5.92 Å². The number of nitrogens with zero attached hydrogens (tertiary/aromatic N) is 4. The molecule has 1 unspecified atom stereocenters. The summed E-state index contributed by atoms with van der Waals surface area (Å²) in [5, 5.41) is 8.94. The molecule has 0 saturated carbocycles. The first-order chi connectivity index (χ1) is 17.7. The smallest absolute Gasteiger partial charge is 0.278 e. The molecule has 1 fully saturated rings. The molecule has 8 nitrogen and oxygen atoms in total. The van der Waals surface area contributed by atoms with Crippen molar-refractivity contribution in [3.8, 4) is 0 Å². The number of amides is 2. The number of carbonyl (C=O) groups excluding carboxylic acids is 2. The summed E-state index contributed by atoms with van der Waals surface area (Å²) < 4.78 is 8.22. The molecular weight excluding hydrogens is 474 g/mol. The van der Waals surface area contributed by atoms with Crippen LogP contribution in [0.2, 0.25) is 0 Å². The van der Waals surface area contributed by atoms with Crippen molar-refractivity contribution in [2.45, 2.75) is 13.0 Å². The van der Waals surface area contributed by atoms with Crippen molar-refractivity contribution in [2.75, 3.05) is 31.6 Å². The van der Waals surface area contributed by atoms with Crippen LogP contribution in [0, 0.1) is 5.92 Å². The molecule has 2 aromatic carbocycles. The summed E-state index contributed by atoms with van der Waals surface area (Å²) in [5.41, 5.74) is 3.17. The lowest BCUT2D eigenvalue weighted by atomic mass is 9.95. The molecule has 1 saturated heterocycles. The SMILES string of the molecule is O=C(Nc1nc2ccccc2s1)c1nn(CC2=CCC(C(=O)N3CCOCC3)C=C2)c2ccccc12. The zero-order valence-electron chi connectivity index (χ0n) is 19.6. The van der Waals surface area contributed by atoms with E-state index in [9.17, 15) is 9.59 Å². The minimum absolute atomic E-state index is 0.142. The molecule has 2 amide bonds. The Kier molecular flexibility index (Phi) is 6.08. The van der Waals surface area contributed by atoms with Gasteiger partial charge in [0.1, 0.15) is 0 Å². The van der Waals surface area contributed by atoms with Gasteiger partial charge in [0.2, 0.25) is 5.91 Å². The van der Waals surface area contributed by atoms with Gasteiger partial charge in [0.15, 0.2) is 10.8 Å². The van der Waals surface area contributed by atoms with Crippen LogP contribution in [0.1, 0.15) is 16.9 Å². The maximum atomic E-state index is 13.2. The highest BCUT2D eigenvalue weighted by molar-refractivity contribution is 7.22. The van der Waals surface area contributed by atoms with Gasteiger partial charge >= 0.3 is 0 Å². The van der Waals surface area contributed by atoms with Gasteiger partial charge in [-0.3, -0.25) is 19.6 Å². The molecule has 0 spiro atoms. The number of para-hydroxylation sites is 2. The van der Waals surface area contributed by atoms with Crippen molar-refractivity contribution in [1.82, 2.24) is 19.7 Å². The number of carbonyl (C=O) groups is 2. The first kappa shape index (κ1) is 22.6. The molecule has 182 valence electrons. The Balaban J connectivity index is 1.19. The van der Waals surface area contributed by atoms with E-state index in [0.717, 1.165) is 26.7 Å². The lowest BCUT2D eigenvalue weighted by Crippen LogP contribution is -2.43. The second-order valence-electron chi connectivity index (χ2n) is 8.88. The average molecular weight is 500 g/mol. The van der Waals surface area contributed by atoms with Crippen LogP contribution < -0.4 is 5.32 Å². The fourth-order valence-corrected chi connectivity index (χ4v) is 5.51. The normalized spacial score (nSPS) is 17.9. The molecule has 0 bridgehead atoms. The van der Waals surface area contributed by atoms with Gasteiger partial charge in [0, 0.05) is 18.5 Å². The number of allylic oxidation sites excluding steroid dienone is 3. The third-order valence-electron chi connectivity index (χ3n) is 6.54. The number of hydrogen-bond donors (Lipinski definition) is 1. The van der Waals surface area contributed by atoms with Crippen LogP contribution in [0.4, 0.5) is 5.13 Å². The Morgan fingerprint density at radius 3 is 2.69 bits per heavy atom. The summed E-state index contributed by atoms with van der Waals surface area (Å²) in [7, 11) is 0. The van der Waals surface area contributed by atoms with E-state index in [0.29, 0.717) is 50.1 Å². The van der Waals surface area contributed by atoms with E-state index in [2.05, 4.69) is 21.5 Å². The third kappa shape index (κ3) is 4.43. The second kappa shape index (κ2) is 9.67. The number of thiazole rings is 1. The number of morpholine rings is 1. The van der Waals surface area contributed by atoms with Gasteiger partial charge in [0.25, 0.3) is 5.91 Å². The molecular formula is C27H25N5O3S. The highest BCUT2D eigenvalue weighted by atomic mass is 32.1. The van der Waals surface area contributed by atoms with E-state index < -0.39 is 0 Å². The average Bonchev–Trinajstić information content (AvgIpc) is 3.50. The molecule has 3 heterocycles. The molecule has 1 aliphatic carbocycles. The highest BCUT2D eigenvalue weighted by Gasteiger charge is 2.25. The number of anilines is 1. The Labute approximate surface area is 211 Å². The number of nitrogens with one attached hydrogen (secondary N) is 1. The Bertz CT molecular complexity index is 1480. The Morgan fingerprint density at radius 1 is 1.08 bits per heavy atom. The molecule has 1 aliphatic heterocycles. The van der Waals surface area contributed by atoms with Crippen LogP contribution in [0.25, 0.3) is 21.1 Å². The van der Waals surface area contributed by atoms with E-state index in [-0.39, 0.29) is 17.7 Å². The van der Waals surface area contributed by atoms with E-state index in [1.54, 1.807) is 0 Å². The van der Waals surface area contributed by atoms with Crippen LogP contribution in [0.5, 0.6) is 0 Å². The quantitative estimate of drug-likeness (QED) is 0.443. The third-order valence-corrected chi connectivity index (χ3v) is 7.49. The first-order valence-corrected chi connectivity index (χ1v) is 12.8. The van der Waals surface area contributed by atoms with Gasteiger partial charge in [-0.1, -0.05) is 59.9 Å². The lowest BCUT2D eigenvalue weighted by Gasteiger charge is -2.30. The number of fused-ring (bicyclic) bond motifs is 2. The van der Waals surface area contributed by atoms with Gasteiger partial charge in [0.05, 0.1) is 41.4 Å². The van der Waals surface area contributed by atoms with Crippen molar-refractivity contribution in [3.05, 3.63) is 78.0 Å². The van der Waals surface area contributed by atoms with Gasteiger partial charge in [-0.25, -0.2) is 4.98 Å². The number of aromatic nitrogens is 3. The highest BCUT2D eigenvalue weighted by Crippen LogP contribution is 2.27. The summed E-state index contributed by atoms with van der Waals surface area (Å²) >= 11 is 1.44. The zero-order chi connectivity index (χ0) is 24.5. The van der Waals surface area contributed by atoms with Crippen LogP contribution in [-0.2, 0) is 16.1 Å². The van der Waals surface area contributed by atoms with Crippen molar-refractivity contribution >= 4 is 49.4 Å². The van der Waals surface area contributed by atoms with Gasteiger partial charge in [-0.05, 0) is 30.2 Å². The Hall–Kier alpha value is -3.82. The monoisotopic (exact) mass is 499 g/mol. The van der Waals surface area contributed by atoms with Crippen LogP contribution >= 0.6 is 11.3 Å². The van der Waals surface area contributed by atoms with E-state index in [1.807, 2.05) is 70.3 Å². The molecule has 0 radical (unpaired) electrons.